The van der Waals surface area contributed by atoms with E-state index in [1.807, 2.05) is 4.90 Å². The van der Waals surface area contributed by atoms with Gasteiger partial charge in [-0.3, -0.25) is 9.69 Å². The molecule has 0 radical (unpaired) electrons. The Hall–Kier alpha value is -1.47. The van der Waals surface area contributed by atoms with Crippen LogP contribution in [-0.4, -0.2) is 64.5 Å². The van der Waals surface area contributed by atoms with Gasteiger partial charge in [0.1, 0.15) is 4.88 Å². The van der Waals surface area contributed by atoms with Gasteiger partial charge < -0.3 is 10.0 Å². The van der Waals surface area contributed by atoms with Gasteiger partial charge in [0.15, 0.2) is 0 Å². The number of aromatic carboxylic acids is 1. The lowest BCUT2D eigenvalue weighted by Gasteiger charge is -2.33. The van der Waals surface area contributed by atoms with Crippen molar-refractivity contribution < 1.29 is 14.7 Å². The summed E-state index contributed by atoms with van der Waals surface area (Å²) < 4.78 is 0. The summed E-state index contributed by atoms with van der Waals surface area (Å²) in [4.78, 5) is 31.8. The Bertz CT molecular complexity index is 575. The fourth-order valence-electron chi connectivity index (χ4n) is 2.81. The number of rotatable bonds is 5. The molecule has 1 aliphatic heterocycles. The molecule has 120 valence electrons. The van der Waals surface area contributed by atoms with Gasteiger partial charge in [0.25, 0.3) is 0 Å². The van der Waals surface area contributed by atoms with Crippen LogP contribution in [0.4, 0.5) is 0 Å². The molecule has 0 spiro atoms. The number of hydrogen-bond donors (Lipinski definition) is 1. The normalized spacial score (nSPS) is 19.4. The van der Waals surface area contributed by atoms with E-state index in [9.17, 15) is 14.7 Å². The quantitative estimate of drug-likeness (QED) is 0.887. The first-order valence-electron chi connectivity index (χ1n) is 7.75. The van der Waals surface area contributed by atoms with E-state index in [2.05, 4.69) is 9.88 Å². The van der Waals surface area contributed by atoms with Crippen molar-refractivity contribution in [3.8, 4) is 0 Å². The van der Waals surface area contributed by atoms with E-state index in [1.165, 1.54) is 11.3 Å². The van der Waals surface area contributed by atoms with E-state index in [0.717, 1.165) is 62.7 Å². The third-order valence-electron chi connectivity index (χ3n) is 4.32. The van der Waals surface area contributed by atoms with Crippen LogP contribution in [0.5, 0.6) is 0 Å². The standard InChI is InChI=1S/C15H21N3O3S/c1-10(19)18-8-6-17(7-9-18)5-4-12-16-13(11-2-3-11)14(22-12)15(20)21/h11H,2-9H2,1H3,(H,20,21). The minimum atomic E-state index is -0.847. The first-order valence-corrected chi connectivity index (χ1v) is 8.57. The zero-order valence-corrected chi connectivity index (χ0v) is 13.6. The molecule has 1 aliphatic carbocycles. The number of hydrogen-bond acceptors (Lipinski definition) is 5. The zero-order valence-electron chi connectivity index (χ0n) is 12.7. The van der Waals surface area contributed by atoms with Crippen molar-refractivity contribution >= 4 is 23.2 Å². The maximum atomic E-state index is 11.3. The van der Waals surface area contributed by atoms with E-state index < -0.39 is 5.97 Å². The molecule has 1 amide bonds. The van der Waals surface area contributed by atoms with Crippen LogP contribution >= 0.6 is 11.3 Å². The van der Waals surface area contributed by atoms with Gasteiger partial charge in [-0.15, -0.1) is 11.3 Å². The molecule has 0 unspecified atom stereocenters. The molecule has 1 aromatic rings. The molecular weight excluding hydrogens is 302 g/mol. The van der Waals surface area contributed by atoms with Crippen LogP contribution in [0.15, 0.2) is 0 Å². The molecular formula is C15H21N3O3S. The number of carbonyl (C=O) groups excluding carboxylic acids is 1. The maximum absolute atomic E-state index is 11.3. The highest BCUT2D eigenvalue weighted by Crippen LogP contribution is 2.42. The zero-order chi connectivity index (χ0) is 15.7. The number of aromatic nitrogens is 1. The number of piperazine rings is 1. The van der Waals surface area contributed by atoms with E-state index >= 15 is 0 Å². The van der Waals surface area contributed by atoms with Crippen molar-refractivity contribution in [1.29, 1.82) is 0 Å². The predicted octanol–water partition coefficient (Wildman–Crippen LogP) is 1.43. The van der Waals surface area contributed by atoms with E-state index in [-0.39, 0.29) is 5.91 Å². The highest BCUT2D eigenvalue weighted by molar-refractivity contribution is 7.13. The summed E-state index contributed by atoms with van der Waals surface area (Å²) in [5.74, 6) is -0.337. The van der Waals surface area contributed by atoms with Gasteiger partial charge in [0.05, 0.1) is 10.7 Å². The van der Waals surface area contributed by atoms with Crippen LogP contribution in [0, 0.1) is 0 Å². The fourth-order valence-corrected chi connectivity index (χ4v) is 3.79. The van der Waals surface area contributed by atoms with Crippen LogP contribution < -0.4 is 0 Å². The monoisotopic (exact) mass is 323 g/mol. The smallest absolute Gasteiger partial charge is 0.347 e. The van der Waals surface area contributed by atoms with Crippen molar-refractivity contribution in [2.45, 2.75) is 32.1 Å². The van der Waals surface area contributed by atoms with Gasteiger partial charge in [0, 0.05) is 52.0 Å². The Morgan fingerprint density at radius 2 is 1.95 bits per heavy atom. The topological polar surface area (TPSA) is 73.7 Å². The Balaban J connectivity index is 1.55. The number of carboxylic acids is 1. The fraction of sp³-hybridized carbons (Fsp3) is 0.667. The maximum Gasteiger partial charge on any atom is 0.347 e. The second-order valence-corrected chi connectivity index (χ2v) is 7.08. The number of thiazole rings is 1. The molecule has 2 heterocycles. The second-order valence-electron chi connectivity index (χ2n) is 6.00. The molecule has 7 heteroatoms. The van der Waals surface area contributed by atoms with Crippen molar-refractivity contribution in [2.24, 2.45) is 0 Å². The van der Waals surface area contributed by atoms with Gasteiger partial charge in [-0.2, -0.15) is 0 Å². The van der Waals surface area contributed by atoms with Crippen molar-refractivity contribution in [2.75, 3.05) is 32.7 Å². The Labute approximate surface area is 133 Å². The Morgan fingerprint density at radius 1 is 1.27 bits per heavy atom. The Kier molecular flexibility index (Phi) is 4.44. The van der Waals surface area contributed by atoms with Gasteiger partial charge in [0.2, 0.25) is 5.91 Å². The van der Waals surface area contributed by atoms with Gasteiger partial charge in [-0.05, 0) is 12.8 Å². The number of carboxylic acid groups (broad SMARTS) is 1. The van der Waals surface area contributed by atoms with Gasteiger partial charge >= 0.3 is 5.97 Å². The van der Waals surface area contributed by atoms with Crippen molar-refractivity contribution in [3.63, 3.8) is 0 Å². The molecule has 22 heavy (non-hydrogen) atoms. The van der Waals surface area contributed by atoms with Crippen LogP contribution in [0.3, 0.4) is 0 Å². The number of nitrogens with zero attached hydrogens (tertiary/aromatic N) is 3. The average Bonchev–Trinajstić information content (AvgIpc) is 3.25. The van der Waals surface area contributed by atoms with Crippen molar-refractivity contribution in [3.05, 3.63) is 15.6 Å². The van der Waals surface area contributed by atoms with E-state index in [1.54, 1.807) is 6.92 Å². The number of amides is 1. The van der Waals surface area contributed by atoms with Crippen LogP contribution in [-0.2, 0) is 11.2 Å². The van der Waals surface area contributed by atoms with Gasteiger partial charge in [-0.1, -0.05) is 0 Å². The summed E-state index contributed by atoms with van der Waals surface area (Å²) in [5.41, 5.74) is 0.800. The third kappa shape index (κ3) is 3.47. The van der Waals surface area contributed by atoms with Gasteiger partial charge in [-0.25, -0.2) is 9.78 Å². The molecule has 0 atom stereocenters. The highest BCUT2D eigenvalue weighted by Gasteiger charge is 2.32. The molecule has 1 saturated heterocycles. The third-order valence-corrected chi connectivity index (χ3v) is 5.43. The highest BCUT2D eigenvalue weighted by atomic mass is 32.1. The van der Waals surface area contributed by atoms with E-state index in [0.29, 0.717) is 10.8 Å². The first kappa shape index (κ1) is 15.4. The SMILES string of the molecule is CC(=O)N1CCN(CCc2nc(C3CC3)c(C(=O)O)s2)CC1. The first-order chi connectivity index (χ1) is 10.5. The molecule has 0 bridgehead atoms. The summed E-state index contributed by atoms with van der Waals surface area (Å²) in [6.45, 7) is 5.81. The summed E-state index contributed by atoms with van der Waals surface area (Å²) in [7, 11) is 0. The van der Waals surface area contributed by atoms with Crippen LogP contribution in [0.25, 0.3) is 0 Å². The number of carbonyl (C=O) groups is 2. The van der Waals surface area contributed by atoms with Crippen LogP contribution in [0.1, 0.15) is 46.1 Å². The molecule has 2 fully saturated rings. The summed E-state index contributed by atoms with van der Waals surface area (Å²) >= 11 is 1.33. The lowest BCUT2D eigenvalue weighted by molar-refractivity contribution is -0.130. The summed E-state index contributed by atoms with van der Waals surface area (Å²) in [6, 6.07) is 0. The largest absolute Gasteiger partial charge is 0.477 e. The summed E-state index contributed by atoms with van der Waals surface area (Å²) in [5, 5.41) is 10.2. The Morgan fingerprint density at radius 3 is 2.50 bits per heavy atom. The van der Waals surface area contributed by atoms with Crippen molar-refractivity contribution in [1.82, 2.24) is 14.8 Å². The lowest BCUT2D eigenvalue weighted by atomic mass is 10.2. The average molecular weight is 323 g/mol. The molecule has 1 aromatic heterocycles. The molecule has 0 aromatic carbocycles. The minimum absolute atomic E-state index is 0.139. The predicted molar refractivity (Wildman–Crippen MR) is 83.4 cm³/mol. The molecule has 1 N–H and O–H groups in total. The molecule has 6 nitrogen and oxygen atoms in total. The second kappa shape index (κ2) is 6.34. The molecule has 3 rings (SSSR count). The molecule has 2 aliphatic rings. The lowest BCUT2D eigenvalue weighted by Crippen LogP contribution is -2.48. The van der Waals surface area contributed by atoms with E-state index in [4.69, 9.17) is 0 Å². The minimum Gasteiger partial charge on any atom is -0.477 e. The summed E-state index contributed by atoms with van der Waals surface area (Å²) in [6.07, 6.45) is 2.92. The molecule has 1 saturated carbocycles. The van der Waals surface area contributed by atoms with Crippen LogP contribution in [0.2, 0.25) is 0 Å².